The lowest BCUT2D eigenvalue weighted by Crippen LogP contribution is -2.25. The van der Waals surface area contributed by atoms with Crippen LogP contribution < -0.4 is 10.6 Å². The number of aromatic nitrogens is 4. The molecule has 0 aliphatic carbocycles. The first-order chi connectivity index (χ1) is 12.4. The number of furan rings is 1. The molecular weight excluding hydrogens is 350 g/mol. The van der Waals surface area contributed by atoms with Gasteiger partial charge < -0.3 is 15.1 Å². The summed E-state index contributed by atoms with van der Waals surface area (Å²) in [5, 5.41) is 12.5. The Morgan fingerprint density at radius 2 is 2.08 bits per heavy atom. The van der Waals surface area contributed by atoms with Gasteiger partial charge in [-0.3, -0.25) is 14.3 Å². The summed E-state index contributed by atoms with van der Waals surface area (Å²) in [6.07, 6.45) is 3.88. The normalized spacial score (nSPS) is 10.9. The van der Waals surface area contributed by atoms with Crippen LogP contribution >= 0.6 is 0 Å². The summed E-state index contributed by atoms with van der Waals surface area (Å²) < 4.78 is 31.9. The fourth-order valence-corrected chi connectivity index (χ4v) is 2.17. The molecule has 3 aromatic rings. The number of aryl methyl sites for hydroxylation is 1. The largest absolute Gasteiger partial charge is 0.467 e. The average Bonchev–Trinajstić information content (AvgIpc) is 3.33. The maximum Gasteiger partial charge on any atom is 0.333 e. The molecule has 3 aromatic heterocycles. The van der Waals surface area contributed by atoms with Crippen molar-refractivity contribution in [3.8, 4) is 0 Å². The number of halogens is 2. The van der Waals surface area contributed by atoms with Crippen molar-refractivity contribution in [1.29, 1.82) is 0 Å². The fourth-order valence-electron chi connectivity index (χ4n) is 2.17. The molecule has 0 spiro atoms. The van der Waals surface area contributed by atoms with Crippen molar-refractivity contribution < 1.29 is 22.8 Å². The van der Waals surface area contributed by atoms with Gasteiger partial charge in [0.15, 0.2) is 11.4 Å². The lowest BCUT2D eigenvalue weighted by atomic mass is 10.3. The predicted octanol–water partition coefficient (Wildman–Crippen LogP) is 1.79. The molecule has 0 aliphatic rings. The second-order valence-corrected chi connectivity index (χ2v) is 5.24. The van der Waals surface area contributed by atoms with E-state index < -0.39 is 18.4 Å². The van der Waals surface area contributed by atoms with Crippen LogP contribution in [0, 0.1) is 0 Å². The minimum Gasteiger partial charge on any atom is -0.467 e. The van der Waals surface area contributed by atoms with Gasteiger partial charge in [0.1, 0.15) is 5.76 Å². The van der Waals surface area contributed by atoms with E-state index in [1.54, 1.807) is 19.2 Å². The van der Waals surface area contributed by atoms with Gasteiger partial charge in [0, 0.05) is 19.4 Å². The zero-order valence-electron chi connectivity index (χ0n) is 13.5. The van der Waals surface area contributed by atoms with Crippen molar-refractivity contribution in [2.45, 2.75) is 13.1 Å². The number of carbonyl (C=O) groups excluding carboxylic acids is 2. The van der Waals surface area contributed by atoms with Crippen LogP contribution in [0.15, 0.2) is 41.3 Å². The highest BCUT2D eigenvalue weighted by Crippen LogP contribution is 2.16. The van der Waals surface area contributed by atoms with Gasteiger partial charge in [-0.05, 0) is 18.2 Å². The minimum atomic E-state index is -2.85. The molecule has 0 aliphatic heterocycles. The number of anilines is 1. The lowest BCUT2D eigenvalue weighted by molar-refractivity contribution is 0.0561. The SMILES string of the molecule is Cn1cc(NC(=O)c2ccn(C(F)F)n2)c(C(=O)NCc2ccco2)n1. The number of rotatable bonds is 6. The van der Waals surface area contributed by atoms with E-state index >= 15 is 0 Å². The number of nitrogens with one attached hydrogen (secondary N) is 2. The van der Waals surface area contributed by atoms with E-state index in [0.29, 0.717) is 10.4 Å². The van der Waals surface area contributed by atoms with E-state index in [4.69, 9.17) is 4.42 Å². The molecule has 0 bridgehead atoms. The molecule has 0 atom stereocenters. The Morgan fingerprint density at radius 1 is 1.27 bits per heavy atom. The first kappa shape index (κ1) is 17.3. The number of nitrogens with zero attached hydrogens (tertiary/aromatic N) is 4. The second kappa shape index (κ2) is 7.17. The molecule has 0 unspecified atom stereocenters. The van der Waals surface area contributed by atoms with E-state index in [1.807, 2.05) is 0 Å². The first-order valence-corrected chi connectivity index (χ1v) is 7.43. The summed E-state index contributed by atoms with van der Waals surface area (Å²) in [4.78, 5) is 24.4. The summed E-state index contributed by atoms with van der Waals surface area (Å²) >= 11 is 0. The highest BCUT2D eigenvalue weighted by atomic mass is 19.3. The van der Waals surface area contributed by atoms with Crippen LogP contribution in [0.1, 0.15) is 33.3 Å². The van der Waals surface area contributed by atoms with Crippen LogP contribution in [0.4, 0.5) is 14.5 Å². The predicted molar refractivity (Wildman–Crippen MR) is 84.5 cm³/mol. The quantitative estimate of drug-likeness (QED) is 0.693. The topological polar surface area (TPSA) is 107 Å². The Labute approximate surface area is 145 Å². The summed E-state index contributed by atoms with van der Waals surface area (Å²) in [5.41, 5.74) is -0.113. The third-order valence-electron chi connectivity index (χ3n) is 3.34. The molecule has 3 rings (SSSR count). The molecule has 26 heavy (non-hydrogen) atoms. The molecule has 9 nitrogen and oxygen atoms in total. The molecule has 0 radical (unpaired) electrons. The zero-order chi connectivity index (χ0) is 18.7. The highest BCUT2D eigenvalue weighted by molar-refractivity contribution is 6.07. The van der Waals surface area contributed by atoms with Crippen LogP contribution in [-0.4, -0.2) is 31.4 Å². The van der Waals surface area contributed by atoms with Gasteiger partial charge in [0.25, 0.3) is 11.8 Å². The fraction of sp³-hybridized carbons (Fsp3) is 0.200. The van der Waals surface area contributed by atoms with Crippen molar-refractivity contribution >= 4 is 17.5 Å². The molecule has 0 saturated carbocycles. The van der Waals surface area contributed by atoms with Gasteiger partial charge in [-0.1, -0.05) is 0 Å². The monoisotopic (exact) mass is 364 g/mol. The lowest BCUT2D eigenvalue weighted by Gasteiger charge is -2.04. The standard InChI is InChI=1S/C15H14F2N6O3/c1-22-8-11(19-13(24)10-4-5-23(20-10)15(16)17)12(21-22)14(25)18-7-9-3-2-6-26-9/h2-6,8,15H,7H2,1H3,(H,18,25)(H,19,24). The molecular formula is C15H14F2N6O3. The van der Waals surface area contributed by atoms with Gasteiger partial charge >= 0.3 is 6.55 Å². The van der Waals surface area contributed by atoms with E-state index in [2.05, 4.69) is 20.8 Å². The first-order valence-electron chi connectivity index (χ1n) is 7.43. The molecule has 11 heteroatoms. The van der Waals surface area contributed by atoms with Crippen molar-refractivity contribution in [3.05, 3.63) is 54.0 Å². The van der Waals surface area contributed by atoms with Crippen molar-refractivity contribution in [2.75, 3.05) is 5.32 Å². The van der Waals surface area contributed by atoms with Crippen LogP contribution in [0.25, 0.3) is 0 Å². The van der Waals surface area contributed by atoms with Crippen molar-refractivity contribution in [3.63, 3.8) is 0 Å². The maximum absolute atomic E-state index is 12.5. The molecule has 2 N–H and O–H groups in total. The van der Waals surface area contributed by atoms with Crippen molar-refractivity contribution in [1.82, 2.24) is 24.9 Å². The maximum atomic E-state index is 12.5. The smallest absolute Gasteiger partial charge is 0.333 e. The van der Waals surface area contributed by atoms with Crippen molar-refractivity contribution in [2.24, 2.45) is 7.05 Å². The number of carbonyl (C=O) groups is 2. The van der Waals surface area contributed by atoms with E-state index in [9.17, 15) is 18.4 Å². The Bertz CT molecular complexity index is 916. The Balaban J connectivity index is 1.71. The highest BCUT2D eigenvalue weighted by Gasteiger charge is 2.20. The van der Waals surface area contributed by atoms with Gasteiger partial charge in [-0.25, -0.2) is 4.68 Å². The Kier molecular flexibility index (Phi) is 4.78. The Hall–Kier alpha value is -3.50. The van der Waals surface area contributed by atoms with Crippen LogP contribution in [0.5, 0.6) is 0 Å². The molecule has 0 saturated heterocycles. The van der Waals surface area contributed by atoms with E-state index in [0.717, 1.165) is 12.3 Å². The summed E-state index contributed by atoms with van der Waals surface area (Å²) in [6.45, 7) is -2.70. The number of amides is 2. The van der Waals surface area contributed by atoms with Gasteiger partial charge in [-0.15, -0.1) is 0 Å². The molecule has 0 aromatic carbocycles. The number of hydrogen-bond donors (Lipinski definition) is 2. The van der Waals surface area contributed by atoms with E-state index in [-0.39, 0.29) is 23.6 Å². The second-order valence-electron chi connectivity index (χ2n) is 5.24. The molecule has 3 heterocycles. The van der Waals surface area contributed by atoms with Crippen LogP contribution in [-0.2, 0) is 13.6 Å². The third kappa shape index (κ3) is 3.77. The summed E-state index contributed by atoms with van der Waals surface area (Å²) in [7, 11) is 1.57. The number of alkyl halides is 2. The summed E-state index contributed by atoms with van der Waals surface area (Å²) in [6, 6.07) is 4.53. The van der Waals surface area contributed by atoms with Gasteiger partial charge in [-0.2, -0.15) is 19.0 Å². The zero-order valence-corrected chi connectivity index (χ0v) is 13.5. The summed E-state index contributed by atoms with van der Waals surface area (Å²) in [5.74, 6) is -0.717. The van der Waals surface area contributed by atoms with Gasteiger partial charge in [0.05, 0.1) is 18.5 Å². The molecule has 2 amide bonds. The number of hydrogen-bond acceptors (Lipinski definition) is 5. The molecule has 0 fully saturated rings. The Morgan fingerprint density at radius 3 is 2.73 bits per heavy atom. The molecule has 136 valence electrons. The average molecular weight is 364 g/mol. The minimum absolute atomic E-state index is 0.0271. The van der Waals surface area contributed by atoms with Crippen LogP contribution in [0.2, 0.25) is 0 Å². The van der Waals surface area contributed by atoms with Gasteiger partial charge in [0.2, 0.25) is 0 Å². The third-order valence-corrected chi connectivity index (χ3v) is 3.34. The van der Waals surface area contributed by atoms with E-state index in [1.165, 1.54) is 17.1 Å². The van der Waals surface area contributed by atoms with Crippen LogP contribution in [0.3, 0.4) is 0 Å².